The summed E-state index contributed by atoms with van der Waals surface area (Å²) in [5, 5.41) is 0. The van der Waals surface area contributed by atoms with Gasteiger partial charge >= 0.3 is 0 Å². The summed E-state index contributed by atoms with van der Waals surface area (Å²) in [6.45, 7) is 0. The molecular formula is C11H8F2N2. The molecule has 2 aromatic rings. The first-order chi connectivity index (χ1) is 7.27. The first kappa shape index (κ1) is 9.71. The molecule has 0 saturated carbocycles. The molecule has 0 saturated heterocycles. The van der Waals surface area contributed by atoms with Crippen LogP contribution in [0.1, 0.15) is 12.1 Å². The van der Waals surface area contributed by atoms with Gasteiger partial charge in [-0.05, 0) is 6.07 Å². The maximum absolute atomic E-state index is 12.4. The molecule has 0 radical (unpaired) electrons. The van der Waals surface area contributed by atoms with E-state index in [1.807, 2.05) is 30.3 Å². The van der Waals surface area contributed by atoms with Crippen LogP contribution in [0.25, 0.3) is 11.3 Å². The highest BCUT2D eigenvalue weighted by atomic mass is 19.3. The molecule has 0 N–H and O–H groups in total. The van der Waals surface area contributed by atoms with Gasteiger partial charge in [0.05, 0.1) is 5.69 Å². The van der Waals surface area contributed by atoms with Crippen molar-refractivity contribution in [1.82, 2.24) is 9.97 Å². The van der Waals surface area contributed by atoms with E-state index in [-0.39, 0.29) is 5.69 Å². The lowest BCUT2D eigenvalue weighted by atomic mass is 10.1. The Morgan fingerprint density at radius 3 is 2.40 bits per heavy atom. The molecule has 0 fully saturated rings. The molecule has 0 unspecified atom stereocenters. The van der Waals surface area contributed by atoms with Gasteiger partial charge in [-0.2, -0.15) is 0 Å². The number of benzene rings is 1. The zero-order valence-electron chi connectivity index (χ0n) is 7.77. The Labute approximate surface area is 85.6 Å². The lowest BCUT2D eigenvalue weighted by Gasteiger charge is -2.02. The SMILES string of the molecule is FC(F)c1cc(-c2ccccc2)ncn1. The van der Waals surface area contributed by atoms with Crippen LogP contribution in [0, 0.1) is 0 Å². The van der Waals surface area contributed by atoms with E-state index in [1.165, 1.54) is 6.07 Å². The van der Waals surface area contributed by atoms with Crippen LogP contribution in [-0.4, -0.2) is 9.97 Å². The molecule has 0 amide bonds. The minimum atomic E-state index is -2.56. The number of nitrogens with zero attached hydrogens (tertiary/aromatic N) is 2. The van der Waals surface area contributed by atoms with Crippen molar-refractivity contribution in [3.63, 3.8) is 0 Å². The van der Waals surface area contributed by atoms with Gasteiger partial charge in [-0.1, -0.05) is 30.3 Å². The van der Waals surface area contributed by atoms with Crippen molar-refractivity contribution in [2.24, 2.45) is 0 Å². The molecule has 0 aliphatic rings. The Balaban J connectivity index is 2.42. The Bertz CT molecular complexity index is 443. The van der Waals surface area contributed by atoms with Crippen LogP contribution in [0.3, 0.4) is 0 Å². The number of hydrogen-bond donors (Lipinski definition) is 0. The second-order valence-electron chi connectivity index (χ2n) is 2.99. The van der Waals surface area contributed by atoms with Crippen LogP contribution in [0.4, 0.5) is 8.78 Å². The normalized spacial score (nSPS) is 10.6. The summed E-state index contributed by atoms with van der Waals surface area (Å²) < 4.78 is 24.7. The van der Waals surface area contributed by atoms with Crippen LogP contribution < -0.4 is 0 Å². The Hall–Kier alpha value is -1.84. The van der Waals surface area contributed by atoms with Gasteiger partial charge in [0.1, 0.15) is 12.0 Å². The van der Waals surface area contributed by atoms with Crippen molar-refractivity contribution in [3.8, 4) is 11.3 Å². The summed E-state index contributed by atoms with van der Waals surface area (Å²) in [6, 6.07) is 10.5. The van der Waals surface area contributed by atoms with Crippen LogP contribution in [-0.2, 0) is 0 Å². The van der Waals surface area contributed by atoms with E-state index in [1.54, 1.807) is 0 Å². The minimum absolute atomic E-state index is 0.246. The van der Waals surface area contributed by atoms with Crippen molar-refractivity contribution in [1.29, 1.82) is 0 Å². The lowest BCUT2D eigenvalue weighted by Crippen LogP contribution is -1.93. The van der Waals surface area contributed by atoms with Gasteiger partial charge in [0, 0.05) is 5.56 Å². The molecule has 15 heavy (non-hydrogen) atoms. The third-order valence-electron chi connectivity index (χ3n) is 1.98. The Morgan fingerprint density at radius 1 is 1.00 bits per heavy atom. The highest BCUT2D eigenvalue weighted by molar-refractivity contribution is 5.58. The maximum atomic E-state index is 12.4. The number of aromatic nitrogens is 2. The van der Waals surface area contributed by atoms with E-state index in [4.69, 9.17) is 0 Å². The van der Waals surface area contributed by atoms with Crippen molar-refractivity contribution in [2.45, 2.75) is 6.43 Å². The molecule has 1 aromatic heterocycles. The monoisotopic (exact) mass is 206 g/mol. The number of alkyl halides is 2. The summed E-state index contributed by atoms with van der Waals surface area (Å²) >= 11 is 0. The van der Waals surface area contributed by atoms with E-state index < -0.39 is 6.43 Å². The smallest absolute Gasteiger partial charge is 0.236 e. The summed E-state index contributed by atoms with van der Waals surface area (Å²) in [6.07, 6.45) is -1.40. The average molecular weight is 206 g/mol. The largest absolute Gasteiger partial charge is 0.280 e. The molecule has 0 aliphatic carbocycles. The van der Waals surface area contributed by atoms with E-state index in [9.17, 15) is 8.78 Å². The zero-order valence-corrected chi connectivity index (χ0v) is 7.77. The molecular weight excluding hydrogens is 198 g/mol. The fourth-order valence-corrected chi connectivity index (χ4v) is 1.26. The second kappa shape index (κ2) is 4.13. The van der Waals surface area contributed by atoms with Crippen LogP contribution >= 0.6 is 0 Å². The molecule has 2 rings (SSSR count). The van der Waals surface area contributed by atoms with E-state index in [2.05, 4.69) is 9.97 Å². The molecule has 76 valence electrons. The van der Waals surface area contributed by atoms with Crippen molar-refractivity contribution in [3.05, 3.63) is 48.4 Å². The van der Waals surface area contributed by atoms with Gasteiger partial charge in [0.15, 0.2) is 0 Å². The number of rotatable bonds is 2. The van der Waals surface area contributed by atoms with Gasteiger partial charge in [-0.25, -0.2) is 18.7 Å². The van der Waals surface area contributed by atoms with Crippen LogP contribution in [0.15, 0.2) is 42.7 Å². The third kappa shape index (κ3) is 2.15. The summed E-state index contributed by atoms with van der Waals surface area (Å²) in [4.78, 5) is 7.45. The molecule has 0 atom stereocenters. The molecule has 0 aliphatic heterocycles. The maximum Gasteiger partial charge on any atom is 0.280 e. The molecule has 0 bridgehead atoms. The quantitative estimate of drug-likeness (QED) is 0.754. The van der Waals surface area contributed by atoms with Crippen molar-refractivity contribution >= 4 is 0 Å². The first-order valence-electron chi connectivity index (χ1n) is 4.43. The van der Waals surface area contributed by atoms with Gasteiger partial charge in [0.25, 0.3) is 6.43 Å². The van der Waals surface area contributed by atoms with E-state index in [0.717, 1.165) is 11.9 Å². The summed E-state index contributed by atoms with van der Waals surface area (Å²) in [5.41, 5.74) is 1.08. The summed E-state index contributed by atoms with van der Waals surface area (Å²) in [5.74, 6) is 0. The third-order valence-corrected chi connectivity index (χ3v) is 1.98. The number of hydrogen-bond acceptors (Lipinski definition) is 2. The van der Waals surface area contributed by atoms with E-state index in [0.29, 0.717) is 5.69 Å². The van der Waals surface area contributed by atoms with Crippen LogP contribution in [0.2, 0.25) is 0 Å². The zero-order chi connectivity index (χ0) is 10.7. The standard InChI is InChI=1S/C11H8F2N2/c12-11(13)10-6-9(14-7-15-10)8-4-2-1-3-5-8/h1-7,11H. The van der Waals surface area contributed by atoms with Gasteiger partial charge in [0.2, 0.25) is 0 Å². The highest BCUT2D eigenvalue weighted by Gasteiger charge is 2.10. The highest BCUT2D eigenvalue weighted by Crippen LogP contribution is 2.21. The van der Waals surface area contributed by atoms with Gasteiger partial charge < -0.3 is 0 Å². The topological polar surface area (TPSA) is 25.8 Å². The second-order valence-corrected chi connectivity index (χ2v) is 2.99. The fraction of sp³-hybridized carbons (Fsp3) is 0.0909. The lowest BCUT2D eigenvalue weighted by molar-refractivity contribution is 0.146. The molecule has 4 heteroatoms. The summed E-state index contributed by atoms with van der Waals surface area (Å²) in [7, 11) is 0. The molecule has 1 heterocycles. The minimum Gasteiger partial charge on any atom is -0.236 e. The van der Waals surface area contributed by atoms with Gasteiger partial charge in [-0.3, -0.25) is 0 Å². The first-order valence-corrected chi connectivity index (χ1v) is 4.43. The molecule has 2 nitrogen and oxygen atoms in total. The van der Waals surface area contributed by atoms with Crippen molar-refractivity contribution < 1.29 is 8.78 Å². The average Bonchev–Trinajstić information content (AvgIpc) is 2.30. The molecule has 0 spiro atoms. The predicted octanol–water partition coefficient (Wildman–Crippen LogP) is 3.08. The Kier molecular flexibility index (Phi) is 2.67. The van der Waals surface area contributed by atoms with Crippen molar-refractivity contribution in [2.75, 3.05) is 0 Å². The fourth-order valence-electron chi connectivity index (χ4n) is 1.26. The molecule has 1 aromatic carbocycles. The Morgan fingerprint density at radius 2 is 1.73 bits per heavy atom. The van der Waals surface area contributed by atoms with E-state index >= 15 is 0 Å². The number of halogens is 2. The van der Waals surface area contributed by atoms with Crippen LogP contribution in [0.5, 0.6) is 0 Å². The van der Waals surface area contributed by atoms with Gasteiger partial charge in [-0.15, -0.1) is 0 Å². The predicted molar refractivity (Wildman–Crippen MR) is 52.4 cm³/mol.